The van der Waals surface area contributed by atoms with Crippen LogP contribution in [0.4, 0.5) is 0 Å². The van der Waals surface area contributed by atoms with Gasteiger partial charge in [-0.25, -0.2) is 0 Å². The number of aliphatic hydroxyl groups excluding tert-OH is 1. The van der Waals surface area contributed by atoms with E-state index in [1.54, 1.807) is 0 Å². The second kappa shape index (κ2) is 6.03. The highest BCUT2D eigenvalue weighted by molar-refractivity contribution is 14.1. The van der Waals surface area contributed by atoms with E-state index in [9.17, 15) is 0 Å². The lowest BCUT2D eigenvalue weighted by molar-refractivity contribution is 0.325. The SMILES string of the molecule is C/C(=C/COc1ccc(I)cc1)CO. The first kappa shape index (κ1) is 11.5. The first-order valence-electron chi connectivity index (χ1n) is 4.37. The summed E-state index contributed by atoms with van der Waals surface area (Å²) < 4.78 is 6.63. The summed E-state index contributed by atoms with van der Waals surface area (Å²) in [6.07, 6.45) is 1.87. The highest BCUT2D eigenvalue weighted by Crippen LogP contribution is 2.13. The van der Waals surface area contributed by atoms with Gasteiger partial charge in [-0.1, -0.05) is 0 Å². The Morgan fingerprint density at radius 3 is 2.64 bits per heavy atom. The third-order valence-electron chi connectivity index (χ3n) is 1.74. The number of hydrogen-bond donors (Lipinski definition) is 1. The molecule has 0 saturated heterocycles. The van der Waals surface area contributed by atoms with Gasteiger partial charge in [0.15, 0.2) is 0 Å². The highest BCUT2D eigenvalue weighted by atomic mass is 127. The van der Waals surface area contributed by atoms with Crippen molar-refractivity contribution in [1.29, 1.82) is 0 Å². The van der Waals surface area contributed by atoms with Crippen LogP contribution in [0, 0.1) is 3.57 Å². The Morgan fingerprint density at radius 2 is 2.07 bits per heavy atom. The normalized spacial score (nSPS) is 11.5. The smallest absolute Gasteiger partial charge is 0.119 e. The first-order chi connectivity index (χ1) is 6.72. The van der Waals surface area contributed by atoms with Gasteiger partial charge in [0, 0.05) is 3.57 Å². The van der Waals surface area contributed by atoms with Crippen LogP contribution in [0.1, 0.15) is 6.92 Å². The molecule has 1 N–H and O–H groups in total. The Balaban J connectivity index is 2.42. The standard InChI is InChI=1S/C11H13IO2/c1-9(8-13)6-7-14-11-4-2-10(12)3-5-11/h2-6,13H,7-8H2,1H3/b9-6-. The van der Waals surface area contributed by atoms with Crippen LogP contribution in [0.15, 0.2) is 35.9 Å². The van der Waals surface area contributed by atoms with Crippen molar-refractivity contribution in [2.75, 3.05) is 13.2 Å². The average Bonchev–Trinajstić information content (AvgIpc) is 2.21. The average molecular weight is 304 g/mol. The monoisotopic (exact) mass is 304 g/mol. The topological polar surface area (TPSA) is 29.5 Å². The van der Waals surface area contributed by atoms with Crippen LogP contribution in [-0.2, 0) is 0 Å². The van der Waals surface area contributed by atoms with E-state index in [0.29, 0.717) is 6.61 Å². The number of rotatable bonds is 4. The molecule has 0 bridgehead atoms. The molecule has 0 radical (unpaired) electrons. The second-order valence-electron chi connectivity index (χ2n) is 2.97. The highest BCUT2D eigenvalue weighted by Gasteiger charge is 1.91. The van der Waals surface area contributed by atoms with Gasteiger partial charge >= 0.3 is 0 Å². The molecule has 0 heterocycles. The fourth-order valence-corrected chi connectivity index (χ4v) is 1.24. The van der Waals surface area contributed by atoms with Crippen molar-refractivity contribution in [3.63, 3.8) is 0 Å². The molecule has 0 amide bonds. The Morgan fingerprint density at radius 1 is 1.43 bits per heavy atom. The fraction of sp³-hybridized carbons (Fsp3) is 0.273. The molecule has 0 unspecified atom stereocenters. The number of benzene rings is 1. The van der Waals surface area contributed by atoms with Gasteiger partial charge < -0.3 is 9.84 Å². The summed E-state index contributed by atoms with van der Waals surface area (Å²) in [6.45, 7) is 2.47. The number of ether oxygens (including phenoxy) is 1. The summed E-state index contributed by atoms with van der Waals surface area (Å²) in [6, 6.07) is 7.87. The van der Waals surface area contributed by atoms with Crippen molar-refractivity contribution in [2.24, 2.45) is 0 Å². The lowest BCUT2D eigenvalue weighted by atomic mass is 10.3. The molecule has 0 fully saturated rings. The van der Waals surface area contributed by atoms with Crippen molar-refractivity contribution in [1.82, 2.24) is 0 Å². The molecule has 1 rings (SSSR count). The third kappa shape index (κ3) is 4.11. The van der Waals surface area contributed by atoms with Crippen LogP contribution in [-0.4, -0.2) is 18.3 Å². The molecule has 14 heavy (non-hydrogen) atoms. The van der Waals surface area contributed by atoms with Crippen molar-refractivity contribution < 1.29 is 9.84 Å². The molecule has 1 aromatic carbocycles. The van der Waals surface area contributed by atoms with E-state index < -0.39 is 0 Å². The minimum Gasteiger partial charge on any atom is -0.490 e. The Kier molecular flexibility index (Phi) is 4.97. The maximum atomic E-state index is 8.74. The molecule has 0 aliphatic heterocycles. The van der Waals surface area contributed by atoms with Gasteiger partial charge in [-0.3, -0.25) is 0 Å². The summed E-state index contributed by atoms with van der Waals surface area (Å²) in [5.74, 6) is 0.854. The minimum atomic E-state index is 0.0933. The summed E-state index contributed by atoms with van der Waals surface area (Å²) in [4.78, 5) is 0. The van der Waals surface area contributed by atoms with E-state index in [1.165, 1.54) is 3.57 Å². The van der Waals surface area contributed by atoms with E-state index in [0.717, 1.165) is 11.3 Å². The van der Waals surface area contributed by atoms with Crippen LogP contribution in [0.2, 0.25) is 0 Å². The van der Waals surface area contributed by atoms with E-state index in [4.69, 9.17) is 9.84 Å². The zero-order valence-corrected chi connectivity index (χ0v) is 10.2. The summed E-state index contributed by atoms with van der Waals surface area (Å²) >= 11 is 2.25. The predicted octanol–water partition coefficient (Wildman–Crippen LogP) is 2.61. The van der Waals surface area contributed by atoms with Crippen LogP contribution in [0.5, 0.6) is 5.75 Å². The molecular formula is C11H13IO2. The van der Waals surface area contributed by atoms with Gasteiger partial charge in [-0.05, 0) is 65.4 Å². The molecule has 76 valence electrons. The van der Waals surface area contributed by atoms with Crippen molar-refractivity contribution in [2.45, 2.75) is 6.92 Å². The molecule has 0 spiro atoms. The van der Waals surface area contributed by atoms with E-state index in [1.807, 2.05) is 37.3 Å². The maximum Gasteiger partial charge on any atom is 0.119 e. The Hall–Kier alpha value is -0.550. The largest absolute Gasteiger partial charge is 0.490 e. The fourth-order valence-electron chi connectivity index (χ4n) is 0.876. The van der Waals surface area contributed by atoms with Gasteiger partial charge in [0.2, 0.25) is 0 Å². The van der Waals surface area contributed by atoms with Crippen LogP contribution in [0.3, 0.4) is 0 Å². The molecule has 0 saturated carbocycles. The van der Waals surface area contributed by atoms with E-state index >= 15 is 0 Å². The Bertz CT molecular complexity index is 304. The quantitative estimate of drug-likeness (QED) is 0.684. The predicted molar refractivity (Wildman–Crippen MR) is 65.5 cm³/mol. The first-order valence-corrected chi connectivity index (χ1v) is 5.45. The van der Waals surface area contributed by atoms with Crippen LogP contribution in [0.25, 0.3) is 0 Å². The lowest BCUT2D eigenvalue weighted by Gasteiger charge is -2.03. The third-order valence-corrected chi connectivity index (χ3v) is 2.46. The minimum absolute atomic E-state index is 0.0933. The molecule has 3 heteroatoms. The molecule has 0 aromatic heterocycles. The van der Waals surface area contributed by atoms with Gasteiger partial charge in [0.1, 0.15) is 12.4 Å². The maximum absolute atomic E-state index is 8.74. The van der Waals surface area contributed by atoms with Gasteiger partial charge in [-0.15, -0.1) is 0 Å². The van der Waals surface area contributed by atoms with Crippen LogP contribution < -0.4 is 4.74 Å². The second-order valence-corrected chi connectivity index (χ2v) is 4.22. The Labute approximate surface area is 97.7 Å². The molecular weight excluding hydrogens is 291 g/mol. The van der Waals surface area contributed by atoms with Crippen molar-refractivity contribution in [3.8, 4) is 5.75 Å². The lowest BCUT2D eigenvalue weighted by Crippen LogP contribution is -1.96. The van der Waals surface area contributed by atoms with Gasteiger partial charge in [0.25, 0.3) is 0 Å². The zero-order valence-electron chi connectivity index (χ0n) is 8.03. The number of aliphatic hydroxyl groups is 1. The summed E-state index contributed by atoms with van der Waals surface area (Å²) in [5.41, 5.74) is 0.926. The summed E-state index contributed by atoms with van der Waals surface area (Å²) in [7, 11) is 0. The van der Waals surface area contributed by atoms with Crippen LogP contribution >= 0.6 is 22.6 Å². The molecule has 0 atom stereocenters. The molecule has 0 aliphatic carbocycles. The number of halogens is 1. The van der Waals surface area contributed by atoms with Crippen molar-refractivity contribution in [3.05, 3.63) is 39.5 Å². The van der Waals surface area contributed by atoms with Gasteiger partial charge in [-0.2, -0.15) is 0 Å². The molecule has 0 aliphatic rings. The summed E-state index contributed by atoms with van der Waals surface area (Å²) in [5, 5.41) is 8.74. The number of hydrogen-bond acceptors (Lipinski definition) is 2. The van der Waals surface area contributed by atoms with E-state index in [2.05, 4.69) is 22.6 Å². The molecule has 2 nitrogen and oxygen atoms in total. The molecule has 1 aromatic rings. The zero-order chi connectivity index (χ0) is 10.4. The van der Waals surface area contributed by atoms with E-state index in [-0.39, 0.29) is 6.61 Å². The van der Waals surface area contributed by atoms with Gasteiger partial charge in [0.05, 0.1) is 6.61 Å². The van der Waals surface area contributed by atoms with Crippen molar-refractivity contribution >= 4 is 22.6 Å².